The minimum atomic E-state index is 0.0276. The predicted molar refractivity (Wildman–Crippen MR) is 123 cm³/mol. The molecule has 30 heavy (non-hydrogen) atoms. The lowest BCUT2D eigenvalue weighted by atomic mass is 9.87. The number of piperidine rings is 1. The van der Waals surface area contributed by atoms with E-state index in [1.54, 1.807) is 7.11 Å². The molecule has 1 N–H and O–H groups in total. The highest BCUT2D eigenvalue weighted by atomic mass is 32.1. The summed E-state index contributed by atoms with van der Waals surface area (Å²) in [6, 6.07) is 10.3. The van der Waals surface area contributed by atoms with Crippen molar-refractivity contribution in [2.45, 2.75) is 38.8 Å². The summed E-state index contributed by atoms with van der Waals surface area (Å²) in [6.07, 6.45) is 3.45. The number of para-hydroxylation sites is 2. The second-order valence-corrected chi connectivity index (χ2v) is 9.79. The molecule has 0 saturated carbocycles. The number of likely N-dealkylation sites (tertiary alicyclic amines) is 2. The van der Waals surface area contributed by atoms with Crippen LogP contribution in [0.4, 0.5) is 5.69 Å². The molecule has 3 heterocycles. The van der Waals surface area contributed by atoms with Crippen molar-refractivity contribution in [3.8, 4) is 5.75 Å². The molecule has 0 radical (unpaired) electrons. The van der Waals surface area contributed by atoms with Crippen LogP contribution >= 0.6 is 11.3 Å². The molecule has 2 aliphatic rings. The number of methoxy groups -OCH3 is 1. The van der Waals surface area contributed by atoms with Crippen LogP contribution in [-0.4, -0.2) is 55.5 Å². The van der Waals surface area contributed by atoms with E-state index in [-0.39, 0.29) is 11.8 Å². The van der Waals surface area contributed by atoms with Gasteiger partial charge in [0.05, 0.1) is 18.7 Å². The molecule has 5 nitrogen and oxygen atoms in total. The average molecular weight is 428 g/mol. The summed E-state index contributed by atoms with van der Waals surface area (Å²) in [4.78, 5) is 19.5. The average Bonchev–Trinajstić information content (AvgIpc) is 3.34. The highest BCUT2D eigenvalue weighted by Gasteiger charge is 2.39. The molecular formula is C24H33N3O2S. The molecule has 3 atom stereocenters. The molecule has 1 amide bonds. The number of ether oxygens (including phenoxy) is 1. The third kappa shape index (κ3) is 4.71. The Morgan fingerprint density at radius 3 is 2.87 bits per heavy atom. The molecule has 2 aromatic rings. The number of thiophene rings is 1. The normalized spacial score (nSPS) is 25.4. The zero-order chi connectivity index (χ0) is 21.1. The van der Waals surface area contributed by atoms with Gasteiger partial charge in [0.1, 0.15) is 5.75 Å². The van der Waals surface area contributed by atoms with E-state index >= 15 is 0 Å². The van der Waals surface area contributed by atoms with Crippen LogP contribution < -0.4 is 10.1 Å². The Hall–Kier alpha value is -1.89. The maximum Gasteiger partial charge on any atom is 0.228 e. The van der Waals surface area contributed by atoms with Gasteiger partial charge in [-0.1, -0.05) is 12.1 Å². The minimum absolute atomic E-state index is 0.0276. The van der Waals surface area contributed by atoms with E-state index in [0.717, 1.165) is 31.7 Å². The van der Waals surface area contributed by atoms with Gasteiger partial charge in [0.25, 0.3) is 0 Å². The summed E-state index contributed by atoms with van der Waals surface area (Å²) in [7, 11) is 3.82. The smallest absolute Gasteiger partial charge is 0.228 e. The Kier molecular flexibility index (Phi) is 6.76. The van der Waals surface area contributed by atoms with E-state index in [0.29, 0.717) is 17.7 Å². The molecule has 2 fully saturated rings. The van der Waals surface area contributed by atoms with E-state index in [1.165, 1.54) is 29.8 Å². The van der Waals surface area contributed by atoms with Crippen molar-refractivity contribution in [3.05, 3.63) is 46.2 Å². The van der Waals surface area contributed by atoms with Crippen molar-refractivity contribution in [1.29, 1.82) is 0 Å². The van der Waals surface area contributed by atoms with Gasteiger partial charge in [-0.05, 0) is 74.8 Å². The Morgan fingerprint density at radius 1 is 1.27 bits per heavy atom. The molecule has 0 aliphatic carbocycles. The monoisotopic (exact) mass is 427 g/mol. The lowest BCUT2D eigenvalue weighted by Crippen LogP contribution is -2.43. The topological polar surface area (TPSA) is 44.8 Å². The minimum Gasteiger partial charge on any atom is -0.495 e. The van der Waals surface area contributed by atoms with Gasteiger partial charge in [0.15, 0.2) is 0 Å². The third-order valence-corrected chi connectivity index (χ3v) is 7.77. The Morgan fingerprint density at radius 2 is 2.10 bits per heavy atom. The summed E-state index contributed by atoms with van der Waals surface area (Å²) in [6.45, 7) is 6.42. The number of rotatable bonds is 6. The molecule has 4 rings (SSSR count). The number of anilines is 1. The van der Waals surface area contributed by atoms with Gasteiger partial charge in [0.2, 0.25) is 5.91 Å². The first-order valence-corrected chi connectivity index (χ1v) is 11.8. The Balaban J connectivity index is 1.36. The van der Waals surface area contributed by atoms with Crippen LogP contribution in [-0.2, 0) is 11.3 Å². The number of nitrogens with zero attached hydrogens (tertiary/aromatic N) is 2. The van der Waals surface area contributed by atoms with Crippen molar-refractivity contribution in [2.24, 2.45) is 11.8 Å². The summed E-state index contributed by atoms with van der Waals surface area (Å²) in [5.74, 6) is 1.48. The lowest BCUT2D eigenvalue weighted by molar-refractivity contribution is -0.119. The third-order valence-electron chi connectivity index (χ3n) is 6.76. The number of amides is 1. The molecule has 1 aromatic heterocycles. The van der Waals surface area contributed by atoms with E-state index < -0.39 is 0 Å². The number of carbonyl (C=O) groups is 1. The molecule has 2 aliphatic heterocycles. The first kappa shape index (κ1) is 21.3. The number of hydrogen-bond acceptors (Lipinski definition) is 5. The van der Waals surface area contributed by atoms with E-state index in [2.05, 4.69) is 40.5 Å². The Bertz CT molecular complexity index is 868. The van der Waals surface area contributed by atoms with Gasteiger partial charge >= 0.3 is 0 Å². The molecule has 2 saturated heterocycles. The summed E-state index contributed by atoms with van der Waals surface area (Å²) in [5, 5.41) is 5.29. The van der Waals surface area contributed by atoms with Crippen LogP contribution in [0.2, 0.25) is 0 Å². The molecule has 0 bridgehead atoms. The van der Waals surface area contributed by atoms with Crippen LogP contribution in [0.25, 0.3) is 0 Å². The number of hydrogen-bond donors (Lipinski definition) is 1. The van der Waals surface area contributed by atoms with Crippen LogP contribution in [0.1, 0.15) is 29.7 Å². The zero-order valence-electron chi connectivity index (χ0n) is 18.3. The maximum absolute atomic E-state index is 13.0. The first-order chi connectivity index (χ1) is 14.5. The number of aryl methyl sites for hydroxylation is 1. The van der Waals surface area contributed by atoms with Gasteiger partial charge in [0, 0.05) is 30.6 Å². The number of carbonyl (C=O) groups excluding carboxylic acids is 1. The van der Waals surface area contributed by atoms with Gasteiger partial charge in [-0.3, -0.25) is 9.69 Å². The summed E-state index contributed by atoms with van der Waals surface area (Å²) >= 11 is 1.87. The van der Waals surface area contributed by atoms with Crippen molar-refractivity contribution < 1.29 is 9.53 Å². The summed E-state index contributed by atoms with van der Waals surface area (Å²) in [5.41, 5.74) is 2.17. The van der Waals surface area contributed by atoms with Gasteiger partial charge < -0.3 is 15.0 Å². The van der Waals surface area contributed by atoms with E-state index in [4.69, 9.17) is 4.74 Å². The molecule has 0 unspecified atom stereocenters. The standard InChI is InChI=1S/C24H33N3O2S/c1-17-10-12-30-23(17)16-27-11-6-7-18(15-27)21-13-19(14-26(21)2)24(28)25-20-8-4-5-9-22(20)29-3/h4-5,8-10,12,18-19,21H,6-7,11,13-16H2,1-3H3,(H,25,28)/t18-,19+,21+/m0/s1. The Labute approximate surface area is 184 Å². The highest BCUT2D eigenvalue weighted by molar-refractivity contribution is 7.10. The lowest BCUT2D eigenvalue weighted by Gasteiger charge is -2.38. The fourth-order valence-corrected chi connectivity index (χ4v) is 6.02. The van der Waals surface area contributed by atoms with Gasteiger partial charge in [-0.2, -0.15) is 0 Å². The molecule has 6 heteroatoms. The zero-order valence-corrected chi connectivity index (χ0v) is 19.1. The van der Waals surface area contributed by atoms with Crippen molar-refractivity contribution in [3.63, 3.8) is 0 Å². The van der Waals surface area contributed by atoms with Gasteiger partial charge in [-0.15, -0.1) is 11.3 Å². The number of benzene rings is 1. The van der Waals surface area contributed by atoms with Crippen LogP contribution in [0.3, 0.4) is 0 Å². The first-order valence-electron chi connectivity index (χ1n) is 10.9. The van der Waals surface area contributed by atoms with Crippen LogP contribution in [0.5, 0.6) is 5.75 Å². The quantitative estimate of drug-likeness (QED) is 0.749. The van der Waals surface area contributed by atoms with Gasteiger partial charge in [-0.25, -0.2) is 0 Å². The maximum atomic E-state index is 13.0. The molecule has 1 aromatic carbocycles. The van der Waals surface area contributed by atoms with Crippen LogP contribution in [0.15, 0.2) is 35.7 Å². The fourth-order valence-electron chi connectivity index (χ4n) is 5.07. The predicted octanol–water partition coefficient (Wildman–Crippen LogP) is 4.24. The molecule has 162 valence electrons. The SMILES string of the molecule is COc1ccccc1NC(=O)[C@@H]1C[C@H]([C@H]2CCCN(Cc3sccc3C)C2)N(C)C1. The van der Waals surface area contributed by atoms with Crippen molar-refractivity contribution >= 4 is 22.9 Å². The second-order valence-electron chi connectivity index (χ2n) is 8.79. The second kappa shape index (κ2) is 9.50. The van der Waals surface area contributed by atoms with Crippen molar-refractivity contribution in [2.75, 3.05) is 39.1 Å². The van der Waals surface area contributed by atoms with E-state index in [1.807, 2.05) is 35.6 Å². The van der Waals surface area contributed by atoms with E-state index in [9.17, 15) is 4.79 Å². The molecule has 0 spiro atoms. The number of nitrogens with one attached hydrogen (secondary N) is 1. The molecular weight excluding hydrogens is 394 g/mol. The largest absolute Gasteiger partial charge is 0.495 e. The summed E-state index contributed by atoms with van der Waals surface area (Å²) < 4.78 is 5.38. The fraction of sp³-hybridized carbons (Fsp3) is 0.542. The highest BCUT2D eigenvalue weighted by Crippen LogP contribution is 2.34. The van der Waals surface area contributed by atoms with Crippen molar-refractivity contribution in [1.82, 2.24) is 9.80 Å². The van der Waals surface area contributed by atoms with Crippen LogP contribution in [0, 0.1) is 18.8 Å².